The molecule has 1 aliphatic heterocycles. The second-order valence-electron chi connectivity index (χ2n) is 7.48. The lowest BCUT2D eigenvalue weighted by atomic mass is 9.97. The molecule has 1 aromatic carbocycles. The van der Waals surface area contributed by atoms with Crippen molar-refractivity contribution in [1.29, 1.82) is 0 Å². The minimum absolute atomic E-state index is 0.0174. The Morgan fingerprint density at radius 1 is 1.15 bits per heavy atom. The quantitative estimate of drug-likeness (QED) is 0.678. The first kappa shape index (κ1) is 19.8. The summed E-state index contributed by atoms with van der Waals surface area (Å²) in [6.45, 7) is 5.21. The Morgan fingerprint density at radius 2 is 1.89 bits per heavy atom. The van der Waals surface area contributed by atoms with Crippen LogP contribution in [0.3, 0.4) is 0 Å². The van der Waals surface area contributed by atoms with Crippen LogP contribution in [0.4, 0.5) is 0 Å². The summed E-state index contributed by atoms with van der Waals surface area (Å²) in [4.78, 5) is 30.4. The van der Waals surface area contributed by atoms with Crippen LogP contribution in [0.25, 0.3) is 0 Å². The summed E-state index contributed by atoms with van der Waals surface area (Å²) < 4.78 is 0. The van der Waals surface area contributed by atoms with Crippen LogP contribution >= 0.6 is 11.3 Å². The molecule has 2 aromatic rings. The van der Waals surface area contributed by atoms with Gasteiger partial charge in [-0.3, -0.25) is 9.59 Å². The van der Waals surface area contributed by atoms with E-state index in [-0.39, 0.29) is 11.7 Å². The van der Waals surface area contributed by atoms with E-state index >= 15 is 0 Å². The number of likely N-dealkylation sites (tertiary alicyclic amines) is 1. The van der Waals surface area contributed by atoms with Gasteiger partial charge in [-0.05, 0) is 63.4 Å². The van der Waals surface area contributed by atoms with E-state index in [1.165, 1.54) is 29.7 Å². The molecular formula is C22H28N2O2S. The molecule has 1 fully saturated rings. The Morgan fingerprint density at radius 3 is 2.56 bits per heavy atom. The largest absolute Gasteiger partial charge is 0.337 e. The third kappa shape index (κ3) is 5.50. The normalized spacial score (nSPS) is 17.6. The number of piperidine rings is 1. The molecule has 144 valence electrons. The van der Waals surface area contributed by atoms with Gasteiger partial charge in [-0.25, -0.2) is 0 Å². The molecule has 1 amide bonds. The van der Waals surface area contributed by atoms with Crippen LogP contribution in [0.2, 0.25) is 0 Å². The molecule has 2 heterocycles. The number of thiophene rings is 1. The van der Waals surface area contributed by atoms with Gasteiger partial charge in [-0.15, -0.1) is 11.3 Å². The SMILES string of the molecule is CC(=O)c1ccc(C(=O)N(CCc2ccccc2)C[C@H]2CCCN(C)C2)s1. The Balaban J connectivity index is 1.72. The van der Waals surface area contributed by atoms with Crippen molar-refractivity contribution in [3.63, 3.8) is 0 Å². The second-order valence-corrected chi connectivity index (χ2v) is 8.56. The van der Waals surface area contributed by atoms with E-state index in [9.17, 15) is 9.59 Å². The summed E-state index contributed by atoms with van der Waals surface area (Å²) in [5.41, 5.74) is 1.24. The van der Waals surface area contributed by atoms with Crippen molar-refractivity contribution in [1.82, 2.24) is 9.80 Å². The second kappa shape index (κ2) is 9.29. The molecular weight excluding hydrogens is 356 g/mol. The lowest BCUT2D eigenvalue weighted by Gasteiger charge is -2.33. The predicted molar refractivity (Wildman–Crippen MR) is 111 cm³/mol. The Bertz CT molecular complexity index is 772. The Kier molecular flexibility index (Phi) is 6.80. The van der Waals surface area contributed by atoms with Crippen molar-refractivity contribution in [3.8, 4) is 0 Å². The van der Waals surface area contributed by atoms with Gasteiger partial charge in [0.1, 0.15) is 0 Å². The van der Waals surface area contributed by atoms with Gasteiger partial charge in [-0.1, -0.05) is 30.3 Å². The molecule has 4 nitrogen and oxygen atoms in total. The van der Waals surface area contributed by atoms with Crippen molar-refractivity contribution < 1.29 is 9.59 Å². The monoisotopic (exact) mass is 384 g/mol. The topological polar surface area (TPSA) is 40.6 Å². The highest BCUT2D eigenvalue weighted by Gasteiger charge is 2.24. The molecule has 1 atom stereocenters. The van der Waals surface area contributed by atoms with Gasteiger partial charge in [0.15, 0.2) is 5.78 Å². The molecule has 0 unspecified atom stereocenters. The van der Waals surface area contributed by atoms with Gasteiger partial charge >= 0.3 is 0 Å². The van der Waals surface area contributed by atoms with Crippen molar-refractivity contribution >= 4 is 23.0 Å². The van der Waals surface area contributed by atoms with Crippen molar-refractivity contribution in [2.45, 2.75) is 26.2 Å². The molecule has 0 spiro atoms. The molecule has 1 aliphatic rings. The third-order valence-electron chi connectivity index (χ3n) is 5.16. The molecule has 1 aromatic heterocycles. The highest BCUT2D eigenvalue weighted by Crippen LogP contribution is 2.22. The average Bonchev–Trinajstić information content (AvgIpc) is 3.16. The molecule has 5 heteroatoms. The molecule has 3 rings (SSSR count). The minimum atomic E-state index is 0.0174. The summed E-state index contributed by atoms with van der Waals surface area (Å²) in [5, 5.41) is 0. The summed E-state index contributed by atoms with van der Waals surface area (Å²) in [5.74, 6) is 0.580. The van der Waals surface area contributed by atoms with Gasteiger partial charge in [0.2, 0.25) is 0 Å². The van der Waals surface area contributed by atoms with Gasteiger partial charge in [0, 0.05) is 19.6 Å². The molecule has 0 aliphatic carbocycles. The number of hydrogen-bond acceptors (Lipinski definition) is 4. The maximum Gasteiger partial charge on any atom is 0.263 e. The maximum atomic E-state index is 13.2. The fourth-order valence-electron chi connectivity index (χ4n) is 3.72. The number of amides is 1. The van der Waals surface area contributed by atoms with Crippen LogP contribution in [-0.2, 0) is 6.42 Å². The van der Waals surface area contributed by atoms with E-state index in [1.807, 2.05) is 23.1 Å². The van der Waals surface area contributed by atoms with E-state index in [4.69, 9.17) is 0 Å². The number of nitrogens with zero attached hydrogens (tertiary/aromatic N) is 2. The number of benzene rings is 1. The number of ketones is 1. The summed E-state index contributed by atoms with van der Waals surface area (Å²) in [7, 11) is 2.15. The van der Waals surface area contributed by atoms with Gasteiger partial charge in [0.05, 0.1) is 9.75 Å². The standard InChI is InChI=1S/C22H28N2O2S/c1-17(25)20-10-11-21(27-20)22(26)24(14-12-18-7-4-3-5-8-18)16-19-9-6-13-23(2)15-19/h3-5,7-8,10-11,19H,6,9,12-16H2,1-2H3/t19-/m0/s1. The fraction of sp³-hybridized carbons (Fsp3) is 0.455. The first-order chi connectivity index (χ1) is 13.0. The van der Waals surface area contributed by atoms with Gasteiger partial charge in [-0.2, -0.15) is 0 Å². The molecule has 1 saturated heterocycles. The van der Waals surface area contributed by atoms with Crippen molar-refractivity contribution in [3.05, 3.63) is 57.8 Å². The summed E-state index contributed by atoms with van der Waals surface area (Å²) >= 11 is 1.31. The number of carbonyl (C=O) groups is 2. The first-order valence-electron chi connectivity index (χ1n) is 9.65. The minimum Gasteiger partial charge on any atom is -0.337 e. The van der Waals surface area contributed by atoms with Crippen LogP contribution in [0.15, 0.2) is 42.5 Å². The van der Waals surface area contributed by atoms with E-state index in [2.05, 4.69) is 24.1 Å². The third-order valence-corrected chi connectivity index (χ3v) is 6.34. The predicted octanol–water partition coefficient (Wildman–Crippen LogP) is 3.98. The number of hydrogen-bond donors (Lipinski definition) is 0. The Hall–Kier alpha value is -1.98. The van der Waals surface area contributed by atoms with Gasteiger partial charge in [0.25, 0.3) is 5.91 Å². The molecule has 27 heavy (non-hydrogen) atoms. The van der Waals surface area contributed by atoms with E-state index in [1.54, 1.807) is 19.1 Å². The number of carbonyl (C=O) groups excluding carboxylic acids is 2. The zero-order valence-electron chi connectivity index (χ0n) is 16.2. The van der Waals surface area contributed by atoms with Crippen molar-refractivity contribution in [2.75, 3.05) is 33.2 Å². The zero-order valence-corrected chi connectivity index (χ0v) is 17.0. The lowest BCUT2D eigenvalue weighted by molar-refractivity contribution is 0.0698. The van der Waals surface area contributed by atoms with Crippen LogP contribution in [0.5, 0.6) is 0 Å². The number of Topliss-reactive ketones (excluding diaryl/α,β-unsaturated/α-hetero) is 1. The zero-order chi connectivity index (χ0) is 19.2. The summed E-state index contributed by atoms with van der Waals surface area (Å²) in [6.07, 6.45) is 3.21. The smallest absolute Gasteiger partial charge is 0.263 e. The highest BCUT2D eigenvalue weighted by atomic mass is 32.1. The highest BCUT2D eigenvalue weighted by molar-refractivity contribution is 7.15. The molecule has 0 N–H and O–H groups in total. The molecule has 0 radical (unpaired) electrons. The van der Waals surface area contributed by atoms with Crippen LogP contribution in [-0.4, -0.2) is 54.7 Å². The average molecular weight is 385 g/mol. The Labute approximate surface area is 165 Å². The van der Waals surface area contributed by atoms with E-state index in [0.29, 0.717) is 22.2 Å². The van der Waals surface area contributed by atoms with Crippen molar-refractivity contribution in [2.24, 2.45) is 5.92 Å². The maximum absolute atomic E-state index is 13.2. The van der Waals surface area contributed by atoms with Crippen LogP contribution in [0.1, 0.15) is 44.7 Å². The lowest BCUT2D eigenvalue weighted by Crippen LogP contribution is -2.42. The van der Waals surface area contributed by atoms with E-state index < -0.39 is 0 Å². The molecule has 0 saturated carbocycles. The van der Waals surface area contributed by atoms with E-state index in [0.717, 1.165) is 26.1 Å². The first-order valence-corrected chi connectivity index (χ1v) is 10.5. The fourth-order valence-corrected chi connectivity index (χ4v) is 4.59. The van der Waals surface area contributed by atoms with Crippen LogP contribution in [0, 0.1) is 5.92 Å². The molecule has 0 bridgehead atoms. The van der Waals surface area contributed by atoms with Gasteiger partial charge < -0.3 is 9.80 Å². The summed E-state index contributed by atoms with van der Waals surface area (Å²) in [6, 6.07) is 13.9. The van der Waals surface area contributed by atoms with Crippen LogP contribution < -0.4 is 0 Å². The number of rotatable bonds is 7.